The smallest absolute Gasteiger partial charge is 0.0558 e. The van der Waals surface area contributed by atoms with Gasteiger partial charge in [-0.25, -0.2) is 0 Å². The second-order valence-electron chi connectivity index (χ2n) is 4.62. The number of rotatable bonds is 4. The van der Waals surface area contributed by atoms with Crippen LogP contribution in [0.25, 0.3) is 0 Å². The molecule has 2 nitrogen and oxygen atoms in total. The summed E-state index contributed by atoms with van der Waals surface area (Å²) >= 11 is 5.95. The molecule has 0 radical (unpaired) electrons. The molecule has 0 atom stereocenters. The van der Waals surface area contributed by atoms with Crippen LogP contribution in [0.15, 0.2) is 42.6 Å². The van der Waals surface area contributed by atoms with Gasteiger partial charge in [-0.05, 0) is 31.7 Å². The largest absolute Gasteiger partial charge is 0.296 e. The van der Waals surface area contributed by atoms with Gasteiger partial charge in [0.1, 0.15) is 0 Å². The van der Waals surface area contributed by atoms with Crippen LogP contribution in [0.2, 0.25) is 5.02 Å². The molecule has 0 unspecified atom stereocenters. The molecule has 94 valence electrons. The molecular weight excluding hydrogens is 244 g/mol. The first-order chi connectivity index (χ1) is 8.63. The van der Waals surface area contributed by atoms with E-state index in [9.17, 15) is 0 Å². The highest BCUT2D eigenvalue weighted by atomic mass is 35.5. The zero-order chi connectivity index (χ0) is 13.0. The number of hydrogen-bond acceptors (Lipinski definition) is 2. The maximum Gasteiger partial charge on any atom is 0.0558 e. The van der Waals surface area contributed by atoms with E-state index in [0.717, 1.165) is 23.8 Å². The summed E-state index contributed by atoms with van der Waals surface area (Å²) in [6.07, 6.45) is 1.75. The summed E-state index contributed by atoms with van der Waals surface area (Å²) in [6.45, 7) is 3.81. The lowest BCUT2D eigenvalue weighted by Gasteiger charge is -2.16. The van der Waals surface area contributed by atoms with Crippen LogP contribution in [-0.4, -0.2) is 16.9 Å². The molecule has 2 rings (SSSR count). The van der Waals surface area contributed by atoms with E-state index in [0.29, 0.717) is 0 Å². The van der Waals surface area contributed by atoms with Crippen LogP contribution >= 0.6 is 11.6 Å². The minimum Gasteiger partial charge on any atom is -0.296 e. The molecule has 0 fully saturated rings. The van der Waals surface area contributed by atoms with Gasteiger partial charge in [-0.15, -0.1) is 0 Å². The fourth-order valence-electron chi connectivity index (χ4n) is 1.87. The van der Waals surface area contributed by atoms with Crippen molar-refractivity contribution in [2.75, 3.05) is 7.05 Å². The molecule has 18 heavy (non-hydrogen) atoms. The van der Waals surface area contributed by atoms with Crippen molar-refractivity contribution in [1.29, 1.82) is 0 Å². The van der Waals surface area contributed by atoms with Crippen LogP contribution in [-0.2, 0) is 13.1 Å². The third-order valence-corrected chi connectivity index (χ3v) is 3.02. The molecule has 0 aliphatic rings. The lowest BCUT2D eigenvalue weighted by molar-refractivity contribution is 0.315. The van der Waals surface area contributed by atoms with E-state index in [-0.39, 0.29) is 0 Å². The van der Waals surface area contributed by atoms with Crippen LogP contribution < -0.4 is 0 Å². The Hall–Kier alpha value is -1.38. The predicted octanol–water partition coefficient (Wildman–Crippen LogP) is 3.68. The average Bonchev–Trinajstić information content (AvgIpc) is 2.32. The maximum atomic E-state index is 5.95. The second-order valence-corrected chi connectivity index (χ2v) is 5.06. The van der Waals surface area contributed by atoms with Crippen LogP contribution in [0.1, 0.15) is 16.8 Å². The molecule has 1 aromatic heterocycles. The highest BCUT2D eigenvalue weighted by Gasteiger charge is 2.03. The Morgan fingerprint density at radius 1 is 1.11 bits per heavy atom. The number of hydrogen-bond donors (Lipinski definition) is 0. The van der Waals surface area contributed by atoms with Gasteiger partial charge in [0.15, 0.2) is 0 Å². The Morgan fingerprint density at radius 2 is 1.83 bits per heavy atom. The molecule has 0 aliphatic heterocycles. The first kappa shape index (κ1) is 13.1. The Balaban J connectivity index is 1.96. The van der Waals surface area contributed by atoms with Gasteiger partial charge in [-0.1, -0.05) is 41.4 Å². The molecule has 0 aliphatic carbocycles. The summed E-state index contributed by atoms with van der Waals surface area (Å²) < 4.78 is 0. The third-order valence-electron chi connectivity index (χ3n) is 2.78. The molecule has 0 saturated heterocycles. The number of aryl methyl sites for hydroxylation is 1. The van der Waals surface area contributed by atoms with Crippen LogP contribution in [0.3, 0.4) is 0 Å². The van der Waals surface area contributed by atoms with E-state index in [1.165, 1.54) is 11.1 Å². The van der Waals surface area contributed by atoms with E-state index in [1.807, 2.05) is 6.07 Å². The quantitative estimate of drug-likeness (QED) is 0.834. The van der Waals surface area contributed by atoms with Crippen LogP contribution in [0, 0.1) is 6.92 Å². The summed E-state index contributed by atoms with van der Waals surface area (Å²) in [5, 5.41) is 0.740. The summed E-state index contributed by atoms with van der Waals surface area (Å²) in [7, 11) is 2.09. The number of benzene rings is 1. The van der Waals surface area contributed by atoms with Crippen molar-refractivity contribution in [3.63, 3.8) is 0 Å². The fourth-order valence-corrected chi connectivity index (χ4v) is 2.06. The monoisotopic (exact) mass is 260 g/mol. The summed E-state index contributed by atoms with van der Waals surface area (Å²) in [4.78, 5) is 6.53. The van der Waals surface area contributed by atoms with E-state index >= 15 is 0 Å². The van der Waals surface area contributed by atoms with Gasteiger partial charge in [0, 0.05) is 24.3 Å². The minimum atomic E-state index is 0.740. The predicted molar refractivity (Wildman–Crippen MR) is 75.6 cm³/mol. The average molecular weight is 261 g/mol. The summed E-state index contributed by atoms with van der Waals surface area (Å²) in [5.74, 6) is 0. The Bertz CT molecular complexity index is 508. The maximum absolute atomic E-state index is 5.95. The molecule has 0 spiro atoms. The van der Waals surface area contributed by atoms with E-state index in [4.69, 9.17) is 11.6 Å². The van der Waals surface area contributed by atoms with E-state index in [2.05, 4.69) is 48.1 Å². The van der Waals surface area contributed by atoms with Crippen LogP contribution in [0.4, 0.5) is 0 Å². The number of halogens is 1. The highest BCUT2D eigenvalue weighted by molar-refractivity contribution is 6.30. The van der Waals surface area contributed by atoms with Crippen molar-refractivity contribution < 1.29 is 0 Å². The minimum absolute atomic E-state index is 0.740. The standard InChI is InChI=1S/C15H17ClN2/c1-12-3-5-13(6-4-12)10-18(2)11-15-9-14(16)7-8-17-15/h3-9H,10-11H2,1-2H3. The van der Waals surface area contributed by atoms with E-state index in [1.54, 1.807) is 12.3 Å². The normalized spacial score (nSPS) is 10.9. The molecule has 3 heteroatoms. The van der Waals surface area contributed by atoms with Gasteiger partial charge in [0.05, 0.1) is 5.69 Å². The molecular formula is C15H17ClN2. The molecule has 2 aromatic rings. The summed E-state index contributed by atoms with van der Waals surface area (Å²) in [5.41, 5.74) is 3.60. The second kappa shape index (κ2) is 5.98. The van der Waals surface area contributed by atoms with E-state index < -0.39 is 0 Å². The third kappa shape index (κ3) is 3.83. The number of aromatic nitrogens is 1. The zero-order valence-electron chi connectivity index (χ0n) is 10.7. The first-order valence-corrected chi connectivity index (χ1v) is 6.36. The van der Waals surface area contributed by atoms with Gasteiger partial charge in [-0.2, -0.15) is 0 Å². The highest BCUT2D eigenvalue weighted by Crippen LogP contribution is 2.11. The molecule has 0 bridgehead atoms. The number of pyridine rings is 1. The van der Waals surface area contributed by atoms with Gasteiger partial charge in [0.2, 0.25) is 0 Å². The van der Waals surface area contributed by atoms with Gasteiger partial charge >= 0.3 is 0 Å². The van der Waals surface area contributed by atoms with Crippen molar-refractivity contribution in [2.24, 2.45) is 0 Å². The Labute approximate surface area is 113 Å². The van der Waals surface area contributed by atoms with Crippen molar-refractivity contribution in [1.82, 2.24) is 9.88 Å². The molecule has 1 aromatic carbocycles. The van der Waals surface area contributed by atoms with Crippen molar-refractivity contribution in [3.05, 3.63) is 64.4 Å². The lowest BCUT2D eigenvalue weighted by Crippen LogP contribution is -2.17. The van der Waals surface area contributed by atoms with Crippen molar-refractivity contribution in [2.45, 2.75) is 20.0 Å². The molecule has 0 amide bonds. The van der Waals surface area contributed by atoms with Crippen LogP contribution in [0.5, 0.6) is 0 Å². The van der Waals surface area contributed by atoms with Gasteiger partial charge < -0.3 is 0 Å². The SMILES string of the molecule is Cc1ccc(CN(C)Cc2cc(Cl)ccn2)cc1. The molecule has 1 heterocycles. The van der Waals surface area contributed by atoms with Gasteiger partial charge in [0.25, 0.3) is 0 Å². The lowest BCUT2D eigenvalue weighted by atomic mass is 10.1. The van der Waals surface area contributed by atoms with Crippen molar-refractivity contribution >= 4 is 11.6 Å². The first-order valence-electron chi connectivity index (χ1n) is 5.98. The fraction of sp³-hybridized carbons (Fsp3) is 0.267. The Morgan fingerprint density at radius 3 is 2.50 bits per heavy atom. The Kier molecular flexibility index (Phi) is 4.34. The van der Waals surface area contributed by atoms with Gasteiger partial charge in [-0.3, -0.25) is 9.88 Å². The zero-order valence-corrected chi connectivity index (χ0v) is 11.5. The topological polar surface area (TPSA) is 16.1 Å². The number of nitrogens with zero attached hydrogens (tertiary/aromatic N) is 2. The molecule has 0 N–H and O–H groups in total. The van der Waals surface area contributed by atoms with Crippen molar-refractivity contribution in [3.8, 4) is 0 Å². The summed E-state index contributed by atoms with van der Waals surface area (Å²) in [6, 6.07) is 12.3. The molecule has 0 saturated carbocycles.